The Balaban J connectivity index is 1.37. The van der Waals surface area contributed by atoms with E-state index in [1.54, 1.807) is 0 Å². The van der Waals surface area contributed by atoms with Gasteiger partial charge in [0.05, 0.1) is 25.5 Å². The molecule has 1 aromatic heterocycles. The van der Waals surface area contributed by atoms with Gasteiger partial charge in [0, 0.05) is 31.7 Å². The quantitative estimate of drug-likeness (QED) is 0.837. The van der Waals surface area contributed by atoms with E-state index in [1.165, 1.54) is 0 Å². The first-order valence-corrected chi connectivity index (χ1v) is 7.90. The molecule has 7 nitrogen and oxygen atoms in total. The summed E-state index contributed by atoms with van der Waals surface area (Å²) in [6.07, 6.45) is 1.95. The second-order valence-electron chi connectivity index (χ2n) is 5.89. The zero-order chi connectivity index (χ0) is 15.6. The summed E-state index contributed by atoms with van der Waals surface area (Å²) in [5.41, 5.74) is 1.92. The number of rotatable bonds is 2. The van der Waals surface area contributed by atoms with Gasteiger partial charge in [-0.3, -0.25) is 0 Å². The first-order valence-electron chi connectivity index (χ1n) is 7.90. The fourth-order valence-corrected chi connectivity index (χ4v) is 2.93. The number of likely N-dealkylation sites (tertiary alicyclic amines) is 1. The number of morpholine rings is 1. The Hall–Kier alpha value is -2.41. The van der Waals surface area contributed by atoms with Crippen LogP contribution in [0.5, 0.6) is 0 Å². The molecule has 0 unspecified atom stereocenters. The SMILES string of the molecule is O=C(N1CCOCC1)N1CC(n2cc(-c3ccccc3)nn2)C1. The average Bonchev–Trinajstić information content (AvgIpc) is 3.05. The molecule has 4 rings (SSSR count). The van der Waals surface area contributed by atoms with E-state index in [9.17, 15) is 4.79 Å². The predicted octanol–water partition coefficient (Wildman–Crippen LogP) is 1.25. The normalized spacial score (nSPS) is 18.8. The lowest BCUT2D eigenvalue weighted by atomic mass is 10.1. The molecule has 2 aliphatic heterocycles. The van der Waals surface area contributed by atoms with Gasteiger partial charge < -0.3 is 14.5 Å². The highest BCUT2D eigenvalue weighted by atomic mass is 16.5. The third kappa shape index (κ3) is 2.79. The molecule has 7 heteroatoms. The van der Waals surface area contributed by atoms with Crippen LogP contribution in [-0.4, -0.2) is 70.2 Å². The van der Waals surface area contributed by atoms with E-state index in [0.717, 1.165) is 11.3 Å². The van der Waals surface area contributed by atoms with Crippen molar-refractivity contribution in [1.82, 2.24) is 24.8 Å². The Morgan fingerprint density at radius 1 is 1.09 bits per heavy atom. The van der Waals surface area contributed by atoms with Gasteiger partial charge in [-0.05, 0) is 0 Å². The van der Waals surface area contributed by atoms with Crippen molar-refractivity contribution in [3.8, 4) is 11.3 Å². The molecule has 3 heterocycles. The van der Waals surface area contributed by atoms with Gasteiger partial charge in [0.1, 0.15) is 5.69 Å². The highest BCUT2D eigenvalue weighted by molar-refractivity contribution is 5.75. The van der Waals surface area contributed by atoms with E-state index in [1.807, 2.05) is 51.0 Å². The molecular weight excluding hydrogens is 294 g/mol. The van der Waals surface area contributed by atoms with Crippen molar-refractivity contribution in [3.05, 3.63) is 36.5 Å². The fraction of sp³-hybridized carbons (Fsp3) is 0.438. The molecule has 0 radical (unpaired) electrons. The first-order chi connectivity index (χ1) is 11.3. The third-order valence-corrected chi connectivity index (χ3v) is 4.37. The van der Waals surface area contributed by atoms with Crippen molar-refractivity contribution in [2.75, 3.05) is 39.4 Å². The number of carbonyl (C=O) groups excluding carboxylic acids is 1. The predicted molar refractivity (Wildman–Crippen MR) is 83.9 cm³/mol. The molecule has 23 heavy (non-hydrogen) atoms. The lowest BCUT2D eigenvalue weighted by Crippen LogP contribution is -2.57. The molecule has 0 spiro atoms. The molecule has 2 aromatic rings. The van der Waals surface area contributed by atoms with E-state index in [2.05, 4.69) is 10.3 Å². The van der Waals surface area contributed by atoms with Gasteiger partial charge in [-0.15, -0.1) is 5.10 Å². The van der Waals surface area contributed by atoms with E-state index in [0.29, 0.717) is 39.4 Å². The molecule has 2 aliphatic rings. The Bertz CT molecular complexity index is 675. The number of hydrogen-bond donors (Lipinski definition) is 0. The molecule has 1 aromatic carbocycles. The van der Waals surface area contributed by atoms with Crippen LogP contribution in [0.4, 0.5) is 4.79 Å². The zero-order valence-electron chi connectivity index (χ0n) is 12.8. The van der Waals surface area contributed by atoms with Crippen molar-refractivity contribution in [1.29, 1.82) is 0 Å². The maximum absolute atomic E-state index is 12.3. The number of aromatic nitrogens is 3. The molecule has 2 saturated heterocycles. The van der Waals surface area contributed by atoms with Crippen LogP contribution in [0.3, 0.4) is 0 Å². The Kier molecular flexibility index (Phi) is 3.70. The first kappa shape index (κ1) is 14.2. The minimum Gasteiger partial charge on any atom is -0.378 e. The molecule has 0 saturated carbocycles. The summed E-state index contributed by atoms with van der Waals surface area (Å²) in [5.74, 6) is 0. The molecule has 2 fully saturated rings. The summed E-state index contributed by atoms with van der Waals surface area (Å²) in [4.78, 5) is 16.1. The molecule has 2 amide bonds. The molecular formula is C16H19N5O2. The van der Waals surface area contributed by atoms with Gasteiger partial charge in [-0.1, -0.05) is 35.5 Å². The molecule has 0 bridgehead atoms. The van der Waals surface area contributed by atoms with Crippen LogP contribution < -0.4 is 0 Å². The van der Waals surface area contributed by atoms with Crippen molar-refractivity contribution in [2.24, 2.45) is 0 Å². The van der Waals surface area contributed by atoms with E-state index in [4.69, 9.17) is 4.74 Å². The number of ether oxygens (including phenoxy) is 1. The van der Waals surface area contributed by atoms with E-state index < -0.39 is 0 Å². The van der Waals surface area contributed by atoms with E-state index >= 15 is 0 Å². The summed E-state index contributed by atoms with van der Waals surface area (Å²) in [6.45, 7) is 4.00. The van der Waals surface area contributed by atoms with Crippen LogP contribution >= 0.6 is 0 Å². The zero-order valence-corrected chi connectivity index (χ0v) is 12.8. The van der Waals surface area contributed by atoms with Crippen LogP contribution in [0.25, 0.3) is 11.3 Å². The maximum Gasteiger partial charge on any atom is 0.320 e. The smallest absolute Gasteiger partial charge is 0.320 e. The summed E-state index contributed by atoms with van der Waals surface area (Å²) in [7, 11) is 0. The van der Waals surface area contributed by atoms with Gasteiger partial charge in [-0.2, -0.15) is 0 Å². The molecule has 120 valence electrons. The number of benzene rings is 1. The van der Waals surface area contributed by atoms with Crippen LogP contribution in [0.1, 0.15) is 6.04 Å². The third-order valence-electron chi connectivity index (χ3n) is 4.37. The van der Waals surface area contributed by atoms with E-state index in [-0.39, 0.29) is 12.1 Å². The second kappa shape index (κ2) is 6.00. The summed E-state index contributed by atoms with van der Waals surface area (Å²) < 4.78 is 7.15. The van der Waals surface area contributed by atoms with Crippen molar-refractivity contribution >= 4 is 6.03 Å². The monoisotopic (exact) mass is 313 g/mol. The summed E-state index contributed by atoms with van der Waals surface area (Å²) in [5, 5.41) is 8.45. The Labute approximate surface area is 134 Å². The Morgan fingerprint density at radius 2 is 1.83 bits per heavy atom. The topological polar surface area (TPSA) is 63.5 Å². The second-order valence-corrected chi connectivity index (χ2v) is 5.89. The highest BCUT2D eigenvalue weighted by Crippen LogP contribution is 2.24. The van der Waals surface area contributed by atoms with Gasteiger partial charge in [0.15, 0.2) is 0 Å². The van der Waals surface area contributed by atoms with Crippen LogP contribution in [0, 0.1) is 0 Å². The maximum atomic E-state index is 12.3. The van der Waals surface area contributed by atoms with Gasteiger partial charge in [-0.25, -0.2) is 9.48 Å². The van der Waals surface area contributed by atoms with Crippen molar-refractivity contribution in [3.63, 3.8) is 0 Å². The molecule has 0 N–H and O–H groups in total. The van der Waals surface area contributed by atoms with Crippen LogP contribution in [0.15, 0.2) is 36.5 Å². The minimum absolute atomic E-state index is 0.105. The highest BCUT2D eigenvalue weighted by Gasteiger charge is 2.35. The van der Waals surface area contributed by atoms with Gasteiger partial charge >= 0.3 is 6.03 Å². The summed E-state index contributed by atoms with van der Waals surface area (Å²) >= 11 is 0. The van der Waals surface area contributed by atoms with Crippen LogP contribution in [0.2, 0.25) is 0 Å². The molecule has 0 aliphatic carbocycles. The molecule has 0 atom stereocenters. The average molecular weight is 313 g/mol. The number of carbonyl (C=O) groups is 1. The number of urea groups is 1. The van der Waals surface area contributed by atoms with Crippen LogP contribution in [-0.2, 0) is 4.74 Å². The van der Waals surface area contributed by atoms with Crippen molar-refractivity contribution in [2.45, 2.75) is 6.04 Å². The lowest BCUT2D eigenvalue weighted by molar-refractivity contribution is 0.0289. The number of nitrogens with zero attached hydrogens (tertiary/aromatic N) is 5. The largest absolute Gasteiger partial charge is 0.378 e. The lowest BCUT2D eigenvalue weighted by Gasteiger charge is -2.42. The van der Waals surface area contributed by atoms with Gasteiger partial charge in [0.25, 0.3) is 0 Å². The number of amides is 2. The Morgan fingerprint density at radius 3 is 2.57 bits per heavy atom. The fourth-order valence-electron chi connectivity index (χ4n) is 2.93. The van der Waals surface area contributed by atoms with Crippen molar-refractivity contribution < 1.29 is 9.53 Å². The summed E-state index contributed by atoms with van der Waals surface area (Å²) in [6, 6.07) is 10.3. The standard InChI is InChI=1S/C16H19N5O2/c22-16(19-6-8-23-9-7-19)20-10-14(11-20)21-12-15(17-18-21)13-4-2-1-3-5-13/h1-5,12,14H,6-11H2. The van der Waals surface area contributed by atoms with Gasteiger partial charge in [0.2, 0.25) is 0 Å². The minimum atomic E-state index is 0.105. The number of hydrogen-bond acceptors (Lipinski definition) is 4.